The van der Waals surface area contributed by atoms with Gasteiger partial charge in [0.15, 0.2) is 6.10 Å². The molecule has 3 N–H and O–H groups in total. The zero-order valence-corrected chi connectivity index (χ0v) is 13.5. The highest BCUT2D eigenvalue weighted by molar-refractivity contribution is 7.18. The molecule has 0 fully saturated rings. The van der Waals surface area contributed by atoms with Crippen molar-refractivity contribution in [1.82, 2.24) is 20.1 Å². The second-order valence-electron chi connectivity index (χ2n) is 5.79. The first-order chi connectivity index (χ1) is 11.6. The number of fused-ring (bicyclic) bond motifs is 2. The molecule has 3 aromatic rings. The Labute approximate surface area is 141 Å². The van der Waals surface area contributed by atoms with Crippen molar-refractivity contribution in [3.05, 3.63) is 46.7 Å². The number of carbonyl (C=O) groups is 1. The van der Waals surface area contributed by atoms with E-state index in [1.165, 1.54) is 11.3 Å². The highest BCUT2D eigenvalue weighted by atomic mass is 32.1. The fourth-order valence-electron chi connectivity index (χ4n) is 2.88. The Balaban J connectivity index is 1.52. The first-order valence-corrected chi connectivity index (χ1v) is 8.46. The van der Waals surface area contributed by atoms with E-state index in [0.717, 1.165) is 21.5 Å². The van der Waals surface area contributed by atoms with Gasteiger partial charge in [0.2, 0.25) is 0 Å². The highest BCUT2D eigenvalue weighted by Gasteiger charge is 2.33. The summed E-state index contributed by atoms with van der Waals surface area (Å²) in [5.41, 5.74) is 2.70. The molecule has 4 rings (SSSR count). The third-order valence-corrected chi connectivity index (χ3v) is 5.33. The summed E-state index contributed by atoms with van der Waals surface area (Å²) in [5.74, 6) is -0.492. The van der Waals surface area contributed by atoms with Crippen LogP contribution in [0.3, 0.4) is 0 Å². The molecule has 0 spiro atoms. The average Bonchev–Trinajstić information content (AvgIpc) is 3.25. The molecule has 1 aromatic carbocycles. The van der Waals surface area contributed by atoms with Crippen LogP contribution >= 0.6 is 11.3 Å². The van der Waals surface area contributed by atoms with Crippen molar-refractivity contribution in [2.24, 2.45) is 0 Å². The fraction of sp³-hybridized carbons (Fsp3) is 0.312. The molecule has 1 aliphatic rings. The van der Waals surface area contributed by atoms with Crippen molar-refractivity contribution >= 4 is 27.5 Å². The normalized spacial score (nSPS) is 16.8. The van der Waals surface area contributed by atoms with E-state index >= 15 is 0 Å². The van der Waals surface area contributed by atoms with E-state index in [1.807, 2.05) is 24.3 Å². The molecule has 0 aliphatic carbocycles. The number of aromatic nitrogens is 3. The SMILES string of the molecule is O=C(C(O)C(O)c1nc2ccccc2s1)N1CCc2[nH]ncc2C1. The average molecular weight is 344 g/mol. The van der Waals surface area contributed by atoms with Crippen LogP contribution in [-0.4, -0.2) is 48.9 Å². The molecule has 7 nitrogen and oxygen atoms in total. The summed E-state index contributed by atoms with van der Waals surface area (Å²) in [6.07, 6.45) is -0.518. The van der Waals surface area contributed by atoms with Crippen LogP contribution in [0, 0.1) is 0 Å². The molecule has 24 heavy (non-hydrogen) atoms. The number of nitrogens with zero attached hydrogens (tertiary/aromatic N) is 3. The summed E-state index contributed by atoms with van der Waals surface area (Å²) < 4.78 is 0.909. The number of nitrogens with one attached hydrogen (secondary N) is 1. The predicted octanol–water partition coefficient (Wildman–Crippen LogP) is 0.999. The third-order valence-electron chi connectivity index (χ3n) is 4.23. The van der Waals surface area contributed by atoms with Crippen molar-refractivity contribution in [2.75, 3.05) is 6.54 Å². The Morgan fingerprint density at radius 1 is 1.33 bits per heavy atom. The predicted molar refractivity (Wildman–Crippen MR) is 88.3 cm³/mol. The van der Waals surface area contributed by atoms with Crippen LogP contribution in [0.25, 0.3) is 10.2 Å². The monoisotopic (exact) mass is 344 g/mol. The number of aromatic amines is 1. The molecular weight excluding hydrogens is 328 g/mol. The number of aliphatic hydroxyl groups is 2. The molecule has 0 saturated heterocycles. The number of para-hydroxylation sites is 1. The van der Waals surface area contributed by atoms with Crippen molar-refractivity contribution in [1.29, 1.82) is 0 Å². The van der Waals surface area contributed by atoms with Gasteiger partial charge in [-0.15, -0.1) is 11.3 Å². The van der Waals surface area contributed by atoms with Crippen LogP contribution in [0.4, 0.5) is 0 Å². The second-order valence-corrected chi connectivity index (χ2v) is 6.86. The van der Waals surface area contributed by atoms with E-state index in [9.17, 15) is 15.0 Å². The Bertz CT molecular complexity index is 857. The first-order valence-electron chi connectivity index (χ1n) is 7.65. The van der Waals surface area contributed by atoms with Gasteiger partial charge in [-0.05, 0) is 12.1 Å². The maximum atomic E-state index is 12.5. The quantitative estimate of drug-likeness (QED) is 0.658. The maximum absolute atomic E-state index is 12.5. The molecule has 1 amide bonds. The molecule has 1 aliphatic heterocycles. The van der Waals surface area contributed by atoms with Crippen molar-refractivity contribution in [3.8, 4) is 0 Å². The summed E-state index contributed by atoms with van der Waals surface area (Å²) >= 11 is 1.28. The Morgan fingerprint density at radius 2 is 2.17 bits per heavy atom. The molecule has 2 aromatic heterocycles. The number of aliphatic hydroxyl groups excluding tert-OH is 2. The number of benzene rings is 1. The van der Waals surface area contributed by atoms with Gasteiger partial charge in [0.25, 0.3) is 5.91 Å². The first kappa shape index (κ1) is 15.3. The summed E-state index contributed by atoms with van der Waals surface area (Å²) in [6, 6.07) is 7.47. The number of thiazole rings is 1. The molecule has 3 heterocycles. The Morgan fingerprint density at radius 3 is 3.00 bits per heavy atom. The van der Waals surface area contributed by atoms with Gasteiger partial charge in [-0.3, -0.25) is 9.89 Å². The van der Waals surface area contributed by atoms with Crippen molar-refractivity contribution in [2.45, 2.75) is 25.2 Å². The highest BCUT2D eigenvalue weighted by Crippen LogP contribution is 2.29. The minimum Gasteiger partial charge on any atom is -0.383 e. The van der Waals surface area contributed by atoms with E-state index in [-0.39, 0.29) is 0 Å². The van der Waals surface area contributed by atoms with Gasteiger partial charge >= 0.3 is 0 Å². The van der Waals surface area contributed by atoms with Crippen molar-refractivity contribution < 1.29 is 15.0 Å². The number of amides is 1. The van der Waals surface area contributed by atoms with Gasteiger partial charge in [-0.1, -0.05) is 12.1 Å². The molecular formula is C16H16N4O3S. The summed E-state index contributed by atoms with van der Waals surface area (Å²) in [4.78, 5) is 18.4. The molecule has 2 unspecified atom stereocenters. The lowest BCUT2D eigenvalue weighted by Gasteiger charge is -2.29. The lowest BCUT2D eigenvalue weighted by molar-refractivity contribution is -0.147. The van der Waals surface area contributed by atoms with E-state index in [4.69, 9.17) is 0 Å². The van der Waals surface area contributed by atoms with Crippen LogP contribution < -0.4 is 0 Å². The number of H-pyrrole nitrogens is 1. The van der Waals surface area contributed by atoms with Gasteiger partial charge in [-0.2, -0.15) is 5.10 Å². The lowest BCUT2D eigenvalue weighted by atomic mass is 10.1. The molecule has 0 saturated carbocycles. The zero-order valence-electron chi connectivity index (χ0n) is 12.7. The summed E-state index contributed by atoms with van der Waals surface area (Å²) in [5, 5.41) is 27.9. The fourth-order valence-corrected chi connectivity index (χ4v) is 3.87. The summed E-state index contributed by atoms with van der Waals surface area (Å²) in [7, 11) is 0. The van der Waals surface area contributed by atoms with Gasteiger partial charge < -0.3 is 15.1 Å². The number of carbonyl (C=O) groups excluding carboxylic acids is 1. The second kappa shape index (κ2) is 5.97. The van der Waals surface area contributed by atoms with Crippen LogP contribution in [0.5, 0.6) is 0 Å². The summed E-state index contributed by atoms with van der Waals surface area (Å²) in [6.45, 7) is 0.867. The third kappa shape index (κ3) is 2.58. The van der Waals surface area contributed by atoms with Crippen LogP contribution in [-0.2, 0) is 17.8 Å². The molecule has 124 valence electrons. The Hall–Kier alpha value is -2.29. The van der Waals surface area contributed by atoms with Gasteiger partial charge in [0, 0.05) is 30.8 Å². The van der Waals surface area contributed by atoms with Gasteiger partial charge in [0.05, 0.1) is 16.4 Å². The smallest absolute Gasteiger partial charge is 0.254 e. The number of rotatable bonds is 3. The zero-order chi connectivity index (χ0) is 16.7. The van der Waals surface area contributed by atoms with Crippen LogP contribution in [0.2, 0.25) is 0 Å². The molecule has 8 heteroatoms. The minimum absolute atomic E-state index is 0.345. The number of hydrogen-bond donors (Lipinski definition) is 3. The number of hydrogen-bond acceptors (Lipinski definition) is 6. The largest absolute Gasteiger partial charge is 0.383 e. The minimum atomic E-state index is -1.53. The van der Waals surface area contributed by atoms with E-state index in [0.29, 0.717) is 24.5 Å². The van der Waals surface area contributed by atoms with E-state index in [1.54, 1.807) is 11.1 Å². The lowest BCUT2D eigenvalue weighted by Crippen LogP contribution is -2.44. The van der Waals surface area contributed by atoms with Gasteiger partial charge in [0.1, 0.15) is 11.1 Å². The van der Waals surface area contributed by atoms with Crippen LogP contribution in [0.1, 0.15) is 22.4 Å². The topological polar surface area (TPSA) is 102 Å². The standard InChI is InChI=1S/C16H16N4O3S/c21-13(15-18-11-3-1-2-4-12(11)24-15)14(22)16(23)20-6-5-10-9(8-20)7-17-19-10/h1-4,7,13-14,21-22H,5-6,8H2,(H,17,19). The molecule has 2 atom stereocenters. The molecule has 0 radical (unpaired) electrons. The van der Waals surface area contributed by atoms with Crippen LogP contribution in [0.15, 0.2) is 30.5 Å². The van der Waals surface area contributed by atoms with Crippen molar-refractivity contribution in [3.63, 3.8) is 0 Å². The van der Waals surface area contributed by atoms with Gasteiger partial charge in [-0.25, -0.2) is 4.98 Å². The Kier molecular flexibility index (Phi) is 3.79. The van der Waals surface area contributed by atoms with E-state index < -0.39 is 18.1 Å². The molecule has 0 bridgehead atoms. The maximum Gasteiger partial charge on any atom is 0.254 e. The van der Waals surface area contributed by atoms with E-state index in [2.05, 4.69) is 15.2 Å².